The first-order valence-corrected chi connectivity index (χ1v) is 11.2. The van der Waals surface area contributed by atoms with E-state index in [4.69, 9.17) is 4.74 Å². The van der Waals surface area contributed by atoms with E-state index in [0.29, 0.717) is 13.1 Å². The molecule has 0 spiro atoms. The Morgan fingerprint density at radius 2 is 1.88 bits per heavy atom. The van der Waals surface area contributed by atoms with Crippen molar-refractivity contribution in [1.82, 2.24) is 20.4 Å². The van der Waals surface area contributed by atoms with Crippen molar-refractivity contribution in [2.45, 2.75) is 33.9 Å². The molecule has 0 saturated carbocycles. The van der Waals surface area contributed by atoms with Gasteiger partial charge in [-0.1, -0.05) is 35.9 Å². The van der Waals surface area contributed by atoms with E-state index in [-0.39, 0.29) is 0 Å². The predicted octanol–water partition coefficient (Wildman–Crippen LogP) is 3.50. The third kappa shape index (κ3) is 7.15. The molecular formula is C24H26N4O4S. The summed E-state index contributed by atoms with van der Waals surface area (Å²) in [6, 6.07) is 11.3. The zero-order valence-corrected chi connectivity index (χ0v) is 19.6. The number of benzene rings is 1. The number of hydrogen-bond donors (Lipinski definition) is 2. The highest BCUT2D eigenvalue weighted by Gasteiger charge is 2.12. The Labute approximate surface area is 196 Å². The second kappa shape index (κ2) is 11.2. The number of nitrogens with one attached hydrogen (secondary N) is 2. The van der Waals surface area contributed by atoms with Gasteiger partial charge in [-0.15, -0.1) is 11.3 Å². The summed E-state index contributed by atoms with van der Waals surface area (Å²) >= 11 is 1.50. The predicted molar refractivity (Wildman–Crippen MR) is 127 cm³/mol. The summed E-state index contributed by atoms with van der Waals surface area (Å²) in [5.41, 5.74) is 4.84. The minimum atomic E-state index is -0.710. The number of hydrogen-bond acceptors (Lipinski definition) is 6. The van der Waals surface area contributed by atoms with Crippen LogP contribution in [0.15, 0.2) is 47.9 Å². The van der Waals surface area contributed by atoms with Gasteiger partial charge in [0.1, 0.15) is 0 Å². The second-order valence-corrected chi connectivity index (χ2v) is 8.51. The van der Waals surface area contributed by atoms with Crippen LogP contribution in [0.4, 0.5) is 4.79 Å². The van der Waals surface area contributed by atoms with Crippen LogP contribution in [-0.2, 0) is 27.4 Å². The summed E-state index contributed by atoms with van der Waals surface area (Å²) in [7, 11) is 0. The molecule has 3 aromatic rings. The van der Waals surface area contributed by atoms with Gasteiger partial charge in [0.05, 0.1) is 18.8 Å². The summed E-state index contributed by atoms with van der Waals surface area (Å²) in [6.45, 7) is 6.23. The molecule has 0 aliphatic carbocycles. The van der Waals surface area contributed by atoms with Crippen LogP contribution in [0.25, 0.3) is 6.08 Å². The molecule has 2 heterocycles. The van der Waals surface area contributed by atoms with Crippen molar-refractivity contribution in [3.63, 3.8) is 0 Å². The molecule has 3 rings (SSSR count). The van der Waals surface area contributed by atoms with Gasteiger partial charge in [-0.3, -0.25) is 14.8 Å². The van der Waals surface area contributed by atoms with Gasteiger partial charge < -0.3 is 10.1 Å². The molecule has 0 unspecified atom stereocenters. The lowest BCUT2D eigenvalue weighted by Gasteiger charge is -2.06. The molecular weight excluding hydrogens is 440 g/mol. The number of ether oxygens (including phenoxy) is 1. The number of urea groups is 1. The molecule has 0 radical (unpaired) electrons. The van der Waals surface area contributed by atoms with E-state index in [0.717, 1.165) is 27.4 Å². The van der Waals surface area contributed by atoms with Crippen LogP contribution >= 0.6 is 11.3 Å². The summed E-state index contributed by atoms with van der Waals surface area (Å²) in [5, 5.41) is 11.1. The molecule has 8 nitrogen and oxygen atoms in total. The molecule has 0 saturated heterocycles. The van der Waals surface area contributed by atoms with E-state index in [2.05, 4.69) is 40.0 Å². The number of nitrogens with zero attached hydrogens (tertiary/aromatic N) is 2. The zero-order valence-electron chi connectivity index (χ0n) is 18.8. The van der Waals surface area contributed by atoms with E-state index in [9.17, 15) is 14.4 Å². The van der Waals surface area contributed by atoms with Crippen molar-refractivity contribution in [3.05, 3.63) is 80.8 Å². The van der Waals surface area contributed by atoms with Gasteiger partial charge in [0.25, 0.3) is 5.91 Å². The van der Waals surface area contributed by atoms with Crippen LogP contribution in [0.2, 0.25) is 0 Å². The van der Waals surface area contributed by atoms with Crippen LogP contribution in [0.5, 0.6) is 0 Å². The minimum absolute atomic E-state index is 0.315. The monoisotopic (exact) mass is 466 g/mol. The minimum Gasteiger partial charge on any atom is -0.452 e. The standard InChI is InChI=1S/C24H26N4O4S/c1-16-6-8-19(9-7-16)14-28-18(3)21(17(2)27-28)10-11-23(30)32-15-22(29)26-24(31)25-13-20-5-4-12-33-20/h4-12H,13-15H2,1-3H3,(H2,25,26,29,31)/b11-10+. The molecule has 2 N–H and O–H groups in total. The topological polar surface area (TPSA) is 102 Å². The number of aromatic nitrogens is 2. The Hall–Kier alpha value is -3.72. The highest BCUT2D eigenvalue weighted by Crippen LogP contribution is 2.17. The van der Waals surface area contributed by atoms with Gasteiger partial charge >= 0.3 is 12.0 Å². The van der Waals surface area contributed by atoms with Crippen molar-refractivity contribution >= 4 is 35.3 Å². The molecule has 0 atom stereocenters. The SMILES string of the molecule is Cc1ccc(Cn2nc(C)c(/C=C/C(=O)OCC(=O)NC(=O)NCc3cccs3)c2C)cc1. The van der Waals surface area contributed by atoms with Gasteiger partial charge in [0.2, 0.25) is 0 Å². The van der Waals surface area contributed by atoms with Crippen molar-refractivity contribution in [1.29, 1.82) is 0 Å². The molecule has 3 amide bonds. The van der Waals surface area contributed by atoms with Gasteiger partial charge in [-0.25, -0.2) is 9.59 Å². The largest absolute Gasteiger partial charge is 0.452 e. The Kier molecular flexibility index (Phi) is 8.15. The van der Waals surface area contributed by atoms with Crippen molar-refractivity contribution in [3.8, 4) is 0 Å². The fourth-order valence-corrected chi connectivity index (χ4v) is 3.74. The molecule has 0 aliphatic rings. The zero-order chi connectivity index (χ0) is 23.8. The van der Waals surface area contributed by atoms with Gasteiger partial charge in [-0.2, -0.15) is 5.10 Å². The summed E-state index contributed by atoms with van der Waals surface area (Å²) in [4.78, 5) is 36.5. The van der Waals surface area contributed by atoms with E-state index in [1.807, 2.05) is 43.0 Å². The first kappa shape index (κ1) is 23.9. The average Bonchev–Trinajstić information content (AvgIpc) is 3.39. The smallest absolute Gasteiger partial charge is 0.331 e. The average molecular weight is 467 g/mol. The lowest BCUT2D eigenvalue weighted by Crippen LogP contribution is -2.40. The maximum atomic E-state index is 12.0. The van der Waals surface area contributed by atoms with Crippen LogP contribution in [0.1, 0.15) is 33.0 Å². The van der Waals surface area contributed by atoms with Crippen molar-refractivity contribution < 1.29 is 19.1 Å². The normalized spacial score (nSPS) is 10.9. The van der Waals surface area contributed by atoms with Gasteiger partial charge in [0.15, 0.2) is 6.61 Å². The van der Waals surface area contributed by atoms with E-state index in [1.54, 1.807) is 6.08 Å². The van der Waals surface area contributed by atoms with E-state index < -0.39 is 24.5 Å². The number of rotatable bonds is 8. The van der Waals surface area contributed by atoms with Crippen LogP contribution < -0.4 is 10.6 Å². The molecule has 33 heavy (non-hydrogen) atoms. The third-order valence-electron chi connectivity index (χ3n) is 4.88. The van der Waals surface area contributed by atoms with E-state index >= 15 is 0 Å². The highest BCUT2D eigenvalue weighted by molar-refractivity contribution is 7.09. The van der Waals surface area contributed by atoms with Gasteiger partial charge in [0, 0.05) is 22.2 Å². The number of amides is 3. The molecule has 0 bridgehead atoms. The number of esters is 1. The number of aryl methyl sites for hydroxylation is 2. The highest BCUT2D eigenvalue weighted by atomic mass is 32.1. The quantitative estimate of drug-likeness (QED) is 0.391. The Morgan fingerprint density at radius 1 is 1.12 bits per heavy atom. The first-order chi connectivity index (χ1) is 15.8. The number of thiophene rings is 1. The summed E-state index contributed by atoms with van der Waals surface area (Å²) in [6.07, 6.45) is 2.87. The first-order valence-electron chi connectivity index (χ1n) is 10.4. The Morgan fingerprint density at radius 3 is 2.58 bits per heavy atom. The summed E-state index contributed by atoms with van der Waals surface area (Å²) < 4.78 is 6.81. The van der Waals surface area contributed by atoms with Crippen molar-refractivity contribution in [2.75, 3.05) is 6.61 Å². The second-order valence-electron chi connectivity index (χ2n) is 7.48. The third-order valence-corrected chi connectivity index (χ3v) is 5.75. The Balaban J connectivity index is 1.47. The maximum absolute atomic E-state index is 12.0. The summed E-state index contributed by atoms with van der Waals surface area (Å²) in [5.74, 6) is -1.40. The Bertz CT molecular complexity index is 1150. The molecule has 9 heteroatoms. The molecule has 0 aliphatic heterocycles. The molecule has 2 aromatic heterocycles. The van der Waals surface area contributed by atoms with Crippen molar-refractivity contribution in [2.24, 2.45) is 0 Å². The lowest BCUT2D eigenvalue weighted by molar-refractivity contribution is -0.143. The number of imide groups is 1. The lowest BCUT2D eigenvalue weighted by atomic mass is 10.1. The maximum Gasteiger partial charge on any atom is 0.331 e. The fourth-order valence-electron chi connectivity index (χ4n) is 3.10. The molecule has 1 aromatic carbocycles. The number of carbonyl (C=O) groups excluding carboxylic acids is 3. The molecule has 0 fully saturated rings. The number of carbonyl (C=O) groups is 3. The van der Waals surface area contributed by atoms with E-state index in [1.165, 1.54) is 23.0 Å². The van der Waals surface area contributed by atoms with Gasteiger partial charge in [-0.05, 0) is 43.9 Å². The fraction of sp³-hybridized carbons (Fsp3) is 0.250. The van der Waals surface area contributed by atoms with Crippen LogP contribution in [0, 0.1) is 20.8 Å². The molecule has 172 valence electrons. The van der Waals surface area contributed by atoms with Crippen LogP contribution in [0.3, 0.4) is 0 Å². The van der Waals surface area contributed by atoms with Crippen LogP contribution in [-0.4, -0.2) is 34.3 Å².